The lowest BCUT2D eigenvalue weighted by molar-refractivity contribution is -0.139. The topological polar surface area (TPSA) is 127 Å². The summed E-state index contributed by atoms with van der Waals surface area (Å²) in [5.74, 6) is -0.590. The summed E-state index contributed by atoms with van der Waals surface area (Å²) in [7, 11) is 0. The number of nitrogens with two attached hydrogens (primary N) is 2. The van der Waals surface area contributed by atoms with E-state index in [1.807, 2.05) is 0 Å². The van der Waals surface area contributed by atoms with Gasteiger partial charge in [-0.1, -0.05) is 0 Å². The molecule has 8 heteroatoms. The van der Waals surface area contributed by atoms with Crippen molar-refractivity contribution < 1.29 is 19.8 Å². The maximum Gasteiger partial charge on any atom is 0.320 e. The Kier molecular flexibility index (Phi) is 9.33. The molecule has 0 aliphatic rings. The fourth-order valence-corrected chi connectivity index (χ4v) is 3.10. The van der Waals surface area contributed by atoms with Gasteiger partial charge < -0.3 is 21.7 Å². The number of carbonyl (C=O) groups is 2. The zero-order valence-electron chi connectivity index (χ0n) is 9.37. The lowest BCUT2D eigenvalue weighted by Gasteiger charge is -2.07. The molecule has 0 saturated carbocycles. The highest BCUT2D eigenvalue weighted by molar-refractivity contribution is 8.15. The van der Waals surface area contributed by atoms with Crippen LogP contribution >= 0.6 is 23.5 Å². The van der Waals surface area contributed by atoms with Crippen LogP contribution in [0.4, 0.5) is 0 Å². The molecule has 0 aromatic heterocycles. The van der Waals surface area contributed by atoms with Crippen molar-refractivity contribution in [2.45, 2.75) is 24.9 Å². The van der Waals surface area contributed by atoms with Crippen LogP contribution in [0, 0.1) is 0 Å². The SMILES string of the molecule is N[C@@H](CCSCSCC[C@H](N)C(=O)O)C(=O)O. The van der Waals surface area contributed by atoms with E-state index in [0.717, 1.165) is 5.08 Å². The zero-order chi connectivity index (χ0) is 13.3. The van der Waals surface area contributed by atoms with Gasteiger partial charge in [0.05, 0.1) is 0 Å². The molecular weight excluding hydrogens is 264 g/mol. The fourth-order valence-electron chi connectivity index (χ4n) is 0.844. The second kappa shape index (κ2) is 9.58. The Balaban J connectivity index is 3.30. The van der Waals surface area contributed by atoms with Crippen molar-refractivity contribution in [2.24, 2.45) is 11.5 Å². The van der Waals surface area contributed by atoms with E-state index in [1.54, 1.807) is 23.5 Å². The van der Waals surface area contributed by atoms with Crippen molar-refractivity contribution in [1.29, 1.82) is 0 Å². The van der Waals surface area contributed by atoms with Crippen LogP contribution in [-0.4, -0.2) is 50.8 Å². The maximum atomic E-state index is 10.4. The summed E-state index contributed by atoms with van der Waals surface area (Å²) in [5.41, 5.74) is 10.7. The first-order valence-electron chi connectivity index (χ1n) is 5.07. The largest absolute Gasteiger partial charge is 0.480 e. The molecule has 0 bridgehead atoms. The fraction of sp³-hybridized carbons (Fsp3) is 0.778. The summed E-state index contributed by atoms with van der Waals surface area (Å²) >= 11 is 3.18. The molecule has 0 aliphatic heterocycles. The van der Waals surface area contributed by atoms with Crippen LogP contribution in [0.15, 0.2) is 0 Å². The minimum Gasteiger partial charge on any atom is -0.480 e. The molecule has 0 heterocycles. The van der Waals surface area contributed by atoms with Gasteiger partial charge in [0.15, 0.2) is 0 Å². The summed E-state index contributed by atoms with van der Waals surface area (Å²) in [6.45, 7) is 0. The molecule has 0 aromatic rings. The van der Waals surface area contributed by atoms with Gasteiger partial charge in [0.2, 0.25) is 0 Å². The molecule has 0 amide bonds. The Morgan fingerprint density at radius 2 is 1.29 bits per heavy atom. The minimum atomic E-state index is -0.981. The third-order valence-corrected chi connectivity index (χ3v) is 4.33. The van der Waals surface area contributed by atoms with Crippen molar-refractivity contribution in [3.8, 4) is 0 Å². The van der Waals surface area contributed by atoms with Crippen molar-refractivity contribution in [3.05, 3.63) is 0 Å². The zero-order valence-corrected chi connectivity index (χ0v) is 11.0. The van der Waals surface area contributed by atoms with Gasteiger partial charge in [0.1, 0.15) is 12.1 Å². The van der Waals surface area contributed by atoms with Crippen LogP contribution in [0.5, 0.6) is 0 Å². The second-order valence-electron chi connectivity index (χ2n) is 3.40. The molecule has 0 spiro atoms. The van der Waals surface area contributed by atoms with Gasteiger partial charge in [0.25, 0.3) is 0 Å². The molecule has 6 nitrogen and oxygen atoms in total. The maximum absolute atomic E-state index is 10.4. The Morgan fingerprint density at radius 3 is 1.59 bits per heavy atom. The molecule has 0 fully saturated rings. The molecule has 6 N–H and O–H groups in total. The summed E-state index contributed by atoms with van der Waals surface area (Å²) in [4.78, 5) is 20.8. The predicted molar refractivity (Wildman–Crippen MR) is 70.2 cm³/mol. The normalized spacial score (nSPS) is 14.2. The highest BCUT2D eigenvalue weighted by atomic mass is 32.2. The smallest absolute Gasteiger partial charge is 0.320 e. The van der Waals surface area contributed by atoms with E-state index in [9.17, 15) is 9.59 Å². The number of hydrogen-bond donors (Lipinski definition) is 4. The number of aliphatic carboxylic acids is 2. The quantitative estimate of drug-likeness (QED) is 0.326. The molecule has 0 aromatic carbocycles. The Hall–Kier alpha value is -0.440. The standard InChI is InChI=1S/C9H18N2O4S2/c10-6(8(12)13)1-3-16-5-17-4-2-7(11)9(14)15/h6-7H,1-5,10-11H2,(H,12,13)(H,14,15)/t6-,7-/m0/s1. The van der Waals surface area contributed by atoms with E-state index < -0.39 is 24.0 Å². The first kappa shape index (κ1) is 16.6. The average molecular weight is 282 g/mol. The Bertz CT molecular complexity index is 229. The van der Waals surface area contributed by atoms with Crippen LogP contribution < -0.4 is 11.5 Å². The average Bonchev–Trinajstić information content (AvgIpc) is 2.26. The van der Waals surface area contributed by atoms with E-state index in [0.29, 0.717) is 24.3 Å². The third-order valence-electron chi connectivity index (χ3n) is 1.95. The Labute approximate surface area is 108 Å². The van der Waals surface area contributed by atoms with Crippen LogP contribution in [0.2, 0.25) is 0 Å². The Morgan fingerprint density at radius 1 is 0.941 bits per heavy atom. The number of carboxylic acid groups (broad SMARTS) is 2. The van der Waals surface area contributed by atoms with Gasteiger partial charge in [-0.3, -0.25) is 9.59 Å². The molecular formula is C9H18N2O4S2. The molecule has 0 rings (SSSR count). The van der Waals surface area contributed by atoms with Crippen LogP contribution in [0.3, 0.4) is 0 Å². The predicted octanol–water partition coefficient (Wildman–Crippen LogP) is 0.0143. The van der Waals surface area contributed by atoms with Crippen LogP contribution in [0.25, 0.3) is 0 Å². The minimum absolute atomic E-state index is 0.440. The van der Waals surface area contributed by atoms with Crippen molar-refractivity contribution >= 4 is 35.5 Å². The lowest BCUT2D eigenvalue weighted by Crippen LogP contribution is -2.30. The molecule has 0 aliphatic carbocycles. The lowest BCUT2D eigenvalue weighted by atomic mass is 10.2. The van der Waals surface area contributed by atoms with Gasteiger partial charge in [0, 0.05) is 5.08 Å². The highest BCUT2D eigenvalue weighted by Crippen LogP contribution is 2.14. The van der Waals surface area contributed by atoms with Gasteiger partial charge in [-0.2, -0.15) is 23.5 Å². The number of hydrogen-bond acceptors (Lipinski definition) is 6. The van der Waals surface area contributed by atoms with Crippen LogP contribution in [-0.2, 0) is 9.59 Å². The molecule has 0 radical (unpaired) electrons. The number of rotatable bonds is 10. The van der Waals surface area contributed by atoms with Gasteiger partial charge in [-0.25, -0.2) is 0 Å². The molecule has 0 unspecified atom stereocenters. The molecule has 17 heavy (non-hydrogen) atoms. The first-order chi connectivity index (χ1) is 7.95. The molecule has 0 saturated heterocycles. The van der Waals surface area contributed by atoms with Gasteiger partial charge in [-0.15, -0.1) is 0 Å². The van der Waals surface area contributed by atoms with E-state index in [1.165, 1.54) is 0 Å². The number of thioether (sulfide) groups is 2. The second-order valence-corrected chi connectivity index (χ2v) is 5.98. The highest BCUT2D eigenvalue weighted by Gasteiger charge is 2.11. The first-order valence-corrected chi connectivity index (χ1v) is 7.38. The molecule has 100 valence electrons. The summed E-state index contributed by atoms with van der Waals surface area (Å²) in [6.07, 6.45) is 0.879. The van der Waals surface area contributed by atoms with E-state index in [4.69, 9.17) is 21.7 Å². The van der Waals surface area contributed by atoms with Gasteiger partial charge in [-0.05, 0) is 24.3 Å². The van der Waals surface area contributed by atoms with E-state index in [2.05, 4.69) is 0 Å². The van der Waals surface area contributed by atoms with Gasteiger partial charge >= 0.3 is 11.9 Å². The van der Waals surface area contributed by atoms with Crippen molar-refractivity contribution in [2.75, 3.05) is 16.6 Å². The van der Waals surface area contributed by atoms with E-state index in [-0.39, 0.29) is 0 Å². The number of carboxylic acids is 2. The van der Waals surface area contributed by atoms with E-state index >= 15 is 0 Å². The van der Waals surface area contributed by atoms with Crippen LogP contribution in [0.1, 0.15) is 12.8 Å². The summed E-state index contributed by atoms with van der Waals surface area (Å²) < 4.78 is 0. The summed E-state index contributed by atoms with van der Waals surface area (Å²) in [5, 5.41) is 17.8. The summed E-state index contributed by atoms with van der Waals surface area (Å²) in [6, 6.07) is -1.60. The molecule has 2 atom stereocenters. The monoisotopic (exact) mass is 282 g/mol. The van der Waals surface area contributed by atoms with Crippen molar-refractivity contribution in [1.82, 2.24) is 0 Å². The van der Waals surface area contributed by atoms with Crippen molar-refractivity contribution in [3.63, 3.8) is 0 Å². The third kappa shape index (κ3) is 9.28.